The molecular weight excluding hydrogens is 1180 g/mol. The SMILES string of the molecule is C.C.C.C.C.C.CC.CC.CC.CC.CCC(=O)C=C1CCCCCC1.CI.CN.I.O=C(O)C=C1CCCCCC1.[I][V]([I])[I]. The Morgan fingerprint density at radius 2 is 0.804 bits per heavy atom. The Balaban J connectivity index is -0.0000000233. The molecule has 4 nitrogen and oxygen atoms in total. The normalized spacial score (nSPS) is 11.0. The Morgan fingerprint density at radius 1 is 0.609 bits per heavy atom. The van der Waals surface area contributed by atoms with Gasteiger partial charge in [0.05, 0.1) is 0 Å². The van der Waals surface area contributed by atoms with Crippen LogP contribution in [0.5, 0.6) is 0 Å². The van der Waals surface area contributed by atoms with Crippen molar-refractivity contribution in [2.45, 2.75) is 190 Å². The minimum absolute atomic E-state index is 0. The summed E-state index contributed by atoms with van der Waals surface area (Å²) in [6.07, 6.45) is 18.3. The summed E-state index contributed by atoms with van der Waals surface area (Å²) in [6, 6.07) is 0. The Hall–Kier alpha value is 2.81. The molecular formula is C36H89I5NO3V. The number of alkyl halides is 1. The van der Waals surface area contributed by atoms with Gasteiger partial charge in [0.25, 0.3) is 0 Å². The van der Waals surface area contributed by atoms with Gasteiger partial charge in [-0.15, -0.1) is 24.0 Å². The van der Waals surface area contributed by atoms with Gasteiger partial charge in [-0.05, 0) is 69.4 Å². The fraction of sp³-hybridized carbons (Fsp3) is 0.833. The van der Waals surface area contributed by atoms with E-state index in [9.17, 15) is 9.59 Å². The first-order valence-electron chi connectivity index (χ1n) is 14.7. The van der Waals surface area contributed by atoms with Crippen LogP contribution in [0.25, 0.3) is 0 Å². The monoisotopic (exact) mass is 1270 g/mol. The van der Waals surface area contributed by atoms with Crippen LogP contribution in [-0.4, -0.2) is 28.8 Å². The molecule has 2 aliphatic carbocycles. The third-order valence-corrected chi connectivity index (χ3v) is 4.53. The number of allylic oxidation sites excluding steroid dienone is 3. The van der Waals surface area contributed by atoms with Gasteiger partial charge in [-0.1, -0.05) is 166 Å². The van der Waals surface area contributed by atoms with Gasteiger partial charge in [0.1, 0.15) is 0 Å². The summed E-state index contributed by atoms with van der Waals surface area (Å²) in [7, 11) is 1.50. The van der Waals surface area contributed by atoms with Crippen molar-refractivity contribution in [2.75, 3.05) is 12.0 Å². The van der Waals surface area contributed by atoms with Gasteiger partial charge in [-0.25, -0.2) is 4.79 Å². The summed E-state index contributed by atoms with van der Waals surface area (Å²) < 4.78 is 0. The number of aliphatic carboxylic acids is 1. The molecule has 2 rings (SSSR count). The van der Waals surface area contributed by atoms with Gasteiger partial charge in [0, 0.05) is 12.5 Å². The van der Waals surface area contributed by atoms with Crippen LogP contribution in [-0.2, 0) is 14.5 Å². The van der Waals surface area contributed by atoms with E-state index in [0.29, 0.717) is 12.2 Å². The number of halogens is 5. The zero-order chi connectivity index (χ0) is 32.5. The van der Waals surface area contributed by atoms with Gasteiger partial charge < -0.3 is 10.8 Å². The zero-order valence-corrected chi connectivity index (χ0v) is 39.9. The molecule has 0 aromatic carbocycles. The second-order valence-electron chi connectivity index (χ2n) is 6.78. The van der Waals surface area contributed by atoms with Crippen LogP contribution in [0.2, 0.25) is 0 Å². The summed E-state index contributed by atoms with van der Waals surface area (Å²) in [5.74, 6) is -0.492. The maximum atomic E-state index is 11.1. The molecule has 296 valence electrons. The first kappa shape index (κ1) is 92.1. The van der Waals surface area contributed by atoms with E-state index in [2.05, 4.69) is 88.3 Å². The summed E-state index contributed by atoms with van der Waals surface area (Å²) in [5, 5.41) is 8.48. The number of nitrogens with two attached hydrogens (primary N) is 1. The zero-order valence-electron chi connectivity index (χ0n) is 27.6. The number of carbonyl (C=O) groups is 2. The Labute approximate surface area is 364 Å². The van der Waals surface area contributed by atoms with Crippen molar-refractivity contribution < 1.29 is 19.6 Å². The molecule has 0 radical (unpaired) electrons. The Morgan fingerprint density at radius 3 is 0.978 bits per heavy atom. The van der Waals surface area contributed by atoms with E-state index in [1.165, 1.54) is 70.1 Å². The summed E-state index contributed by atoms with van der Waals surface area (Å²) in [4.78, 5) is 23.1. The van der Waals surface area contributed by atoms with Crippen molar-refractivity contribution in [3.63, 3.8) is 0 Å². The number of ketones is 1. The van der Waals surface area contributed by atoms with Crippen molar-refractivity contribution in [2.24, 2.45) is 5.73 Å². The van der Waals surface area contributed by atoms with E-state index in [-0.39, 0.29) is 73.5 Å². The molecule has 0 saturated heterocycles. The van der Waals surface area contributed by atoms with E-state index in [0.717, 1.165) is 31.3 Å². The van der Waals surface area contributed by atoms with Crippen molar-refractivity contribution in [1.82, 2.24) is 0 Å². The average molecular weight is 1270 g/mol. The van der Waals surface area contributed by atoms with Gasteiger partial charge >= 0.3 is 70.8 Å². The van der Waals surface area contributed by atoms with Crippen LogP contribution < -0.4 is 5.73 Å². The molecule has 46 heavy (non-hydrogen) atoms. The van der Waals surface area contributed by atoms with E-state index in [1.807, 2.05) is 73.3 Å². The molecule has 2 saturated carbocycles. The van der Waals surface area contributed by atoms with Gasteiger partial charge in [-0.3, -0.25) is 4.79 Å². The van der Waals surface area contributed by atoms with Gasteiger partial charge in [0.2, 0.25) is 0 Å². The number of carbonyl (C=O) groups excluding carboxylic acids is 1. The van der Waals surface area contributed by atoms with Crippen LogP contribution >= 0.6 is 107 Å². The Bertz CT molecular complexity index is 487. The van der Waals surface area contributed by atoms with Crippen LogP contribution in [0.4, 0.5) is 0 Å². The molecule has 0 unspecified atom stereocenters. The van der Waals surface area contributed by atoms with Crippen LogP contribution in [0, 0.1) is 0 Å². The molecule has 0 heterocycles. The molecule has 10 heteroatoms. The molecule has 0 aromatic heterocycles. The molecule has 3 N–H and O–H groups in total. The summed E-state index contributed by atoms with van der Waals surface area (Å²) in [5.41, 5.74) is 7.01. The van der Waals surface area contributed by atoms with E-state index < -0.39 is 5.97 Å². The number of hydrogen-bond donors (Lipinski definition) is 2. The molecule has 0 aliphatic heterocycles. The Kier molecular flexibility index (Phi) is 195. The number of hydrogen-bond acceptors (Lipinski definition) is 3. The molecule has 0 spiro atoms. The van der Waals surface area contributed by atoms with Crippen molar-refractivity contribution >= 4 is 118 Å². The fourth-order valence-electron chi connectivity index (χ4n) is 3.16. The van der Waals surface area contributed by atoms with Crippen molar-refractivity contribution in [3.05, 3.63) is 23.3 Å². The molecule has 2 fully saturated rings. The summed E-state index contributed by atoms with van der Waals surface area (Å²) in [6.45, 7) is 17.9. The molecule has 0 amide bonds. The average Bonchev–Trinajstić information content (AvgIpc) is 3.40. The van der Waals surface area contributed by atoms with Crippen LogP contribution in [0.15, 0.2) is 23.3 Å². The van der Waals surface area contributed by atoms with Crippen LogP contribution in [0.3, 0.4) is 0 Å². The quantitative estimate of drug-likeness (QED) is 0.128. The molecule has 0 bridgehead atoms. The second kappa shape index (κ2) is 97.3. The topological polar surface area (TPSA) is 80.4 Å². The number of carboxylic acids is 1. The predicted molar refractivity (Wildman–Crippen MR) is 268 cm³/mol. The molecule has 0 aromatic rings. The first-order chi connectivity index (χ1) is 18.8. The van der Waals surface area contributed by atoms with Gasteiger partial charge in [0.15, 0.2) is 5.78 Å². The van der Waals surface area contributed by atoms with E-state index in [4.69, 9.17) is 5.11 Å². The maximum absolute atomic E-state index is 11.1. The third kappa shape index (κ3) is 103. The van der Waals surface area contributed by atoms with Crippen molar-refractivity contribution in [1.29, 1.82) is 0 Å². The predicted octanol–water partition coefficient (Wildman–Crippen LogP) is 17.4. The standard InChI is InChI=1S/C11H18O.C9H14O2.4C2H6.CH3I.CH5N.6CH4.4HI.V/c1-2-11(12)9-10-7-5-3-4-6-8-10;10-9(11)7-8-5-3-1-2-4-6-8;6*1-2;;;;;;;;;;;/h9H,2-8H2,1H3;7H,1-6H2,(H,10,11);4*1-2H3;1H3;2H2,1H3;6*1H4;4*1H;/q;;;;;;;;;;;;;;;;;;+3/p-3. The number of carboxylic acid groups (broad SMARTS) is 1. The van der Waals surface area contributed by atoms with Crippen LogP contribution in [0.1, 0.15) is 190 Å². The number of rotatable bonds is 3. The van der Waals surface area contributed by atoms with Gasteiger partial charge in [-0.2, -0.15) is 0 Å². The van der Waals surface area contributed by atoms with E-state index >= 15 is 0 Å². The minimum atomic E-state index is -0.790. The third-order valence-electron chi connectivity index (χ3n) is 4.53. The van der Waals surface area contributed by atoms with E-state index in [1.54, 1.807) is 0 Å². The molecule has 2 aliphatic rings. The second-order valence-corrected chi connectivity index (χ2v) is 42.2. The first-order valence-corrected chi connectivity index (χ1v) is 30.4. The fourth-order valence-corrected chi connectivity index (χ4v) is 3.16. The van der Waals surface area contributed by atoms with Crippen molar-refractivity contribution in [3.8, 4) is 0 Å². The summed E-state index contributed by atoms with van der Waals surface area (Å²) >= 11 is 9.54. The molecule has 0 atom stereocenters.